The summed E-state index contributed by atoms with van der Waals surface area (Å²) >= 11 is 3.58. The highest BCUT2D eigenvalue weighted by Gasteiger charge is 2.26. The van der Waals surface area contributed by atoms with Gasteiger partial charge in [-0.15, -0.1) is 11.3 Å². The van der Waals surface area contributed by atoms with Crippen molar-refractivity contribution in [3.8, 4) is 10.6 Å². The summed E-state index contributed by atoms with van der Waals surface area (Å²) in [6.45, 7) is 3.52. The monoisotopic (exact) mass is 419 g/mol. The second kappa shape index (κ2) is 6.61. The van der Waals surface area contributed by atoms with Crippen LogP contribution in [0.15, 0.2) is 23.6 Å². The van der Waals surface area contributed by atoms with Crippen LogP contribution in [-0.2, 0) is 9.47 Å². The Bertz CT molecular complexity index is 661. The van der Waals surface area contributed by atoms with Gasteiger partial charge in [0.15, 0.2) is 0 Å². The van der Waals surface area contributed by atoms with Gasteiger partial charge in [0.25, 0.3) is 0 Å². The summed E-state index contributed by atoms with van der Waals surface area (Å²) in [6.07, 6.45) is -0.865. The highest BCUT2D eigenvalue weighted by atomic mass is 127. The Morgan fingerprint density at radius 2 is 2.10 bits per heavy atom. The van der Waals surface area contributed by atoms with Crippen molar-refractivity contribution in [3.63, 3.8) is 0 Å². The summed E-state index contributed by atoms with van der Waals surface area (Å²) in [5.74, 6) is -0.573. The molecule has 5 nitrogen and oxygen atoms in total. The van der Waals surface area contributed by atoms with Crippen LogP contribution in [0, 0.1) is 3.57 Å². The van der Waals surface area contributed by atoms with Gasteiger partial charge in [0.1, 0.15) is 5.69 Å². The third kappa shape index (κ3) is 3.29. The van der Waals surface area contributed by atoms with Gasteiger partial charge in [0.2, 0.25) is 0 Å². The lowest BCUT2D eigenvalue weighted by Gasteiger charge is -2.13. The molecule has 0 unspecified atom stereocenters. The summed E-state index contributed by atoms with van der Waals surface area (Å²) in [5.41, 5.74) is 0.813. The molecule has 0 radical (unpaired) electrons. The number of methoxy groups -OCH3 is 1. The molecule has 0 aromatic carbocycles. The maximum atomic E-state index is 12.4. The minimum atomic E-state index is -0.586. The van der Waals surface area contributed by atoms with Crippen LogP contribution < -0.4 is 0 Å². The number of hydrogen-bond donors (Lipinski definition) is 0. The molecular weight excluding hydrogens is 405 g/mol. The summed E-state index contributed by atoms with van der Waals surface area (Å²) in [5, 5.41) is 1.91. The quantitative estimate of drug-likeness (QED) is 0.558. The molecule has 0 N–H and O–H groups in total. The smallest absolute Gasteiger partial charge is 0.419 e. The maximum absolute atomic E-state index is 12.4. The van der Waals surface area contributed by atoms with E-state index in [0.29, 0.717) is 5.69 Å². The molecule has 0 amide bonds. The van der Waals surface area contributed by atoms with Gasteiger partial charge in [-0.1, -0.05) is 6.07 Å². The SMILES string of the molecule is COC(=O)c1cc(I)c(-c2cccs2)n1C(=O)OC(C)C. The van der Waals surface area contributed by atoms with Crippen LogP contribution in [0.5, 0.6) is 0 Å². The van der Waals surface area contributed by atoms with E-state index in [1.165, 1.54) is 23.0 Å². The molecule has 0 saturated heterocycles. The van der Waals surface area contributed by atoms with Crippen molar-refractivity contribution in [2.45, 2.75) is 20.0 Å². The van der Waals surface area contributed by atoms with E-state index in [4.69, 9.17) is 9.47 Å². The van der Waals surface area contributed by atoms with Gasteiger partial charge in [-0.2, -0.15) is 0 Å². The van der Waals surface area contributed by atoms with E-state index >= 15 is 0 Å². The molecule has 112 valence electrons. The first-order chi connectivity index (χ1) is 9.95. The van der Waals surface area contributed by atoms with E-state index in [2.05, 4.69) is 22.6 Å². The number of nitrogens with zero attached hydrogens (tertiary/aromatic N) is 1. The molecule has 21 heavy (non-hydrogen) atoms. The molecule has 0 bridgehead atoms. The van der Waals surface area contributed by atoms with Crippen LogP contribution in [0.25, 0.3) is 10.6 Å². The van der Waals surface area contributed by atoms with Crippen molar-refractivity contribution in [2.24, 2.45) is 0 Å². The fourth-order valence-corrected chi connectivity index (χ4v) is 3.60. The molecule has 2 aromatic rings. The Morgan fingerprint density at radius 1 is 1.38 bits per heavy atom. The minimum Gasteiger partial charge on any atom is -0.464 e. The molecular formula is C14H14INO4S. The lowest BCUT2D eigenvalue weighted by Crippen LogP contribution is -2.23. The molecule has 2 heterocycles. The lowest BCUT2D eigenvalue weighted by molar-refractivity contribution is 0.0582. The average Bonchev–Trinajstić information content (AvgIpc) is 3.03. The molecule has 0 atom stereocenters. The van der Waals surface area contributed by atoms with Gasteiger partial charge in [0.05, 0.1) is 23.8 Å². The number of carbonyl (C=O) groups is 2. The number of aromatic nitrogens is 1. The van der Waals surface area contributed by atoms with Gasteiger partial charge in [-0.05, 0) is 54.0 Å². The Kier molecular flexibility index (Phi) is 5.04. The standard InChI is InChI=1S/C14H14INO4S/c1-8(2)20-14(18)16-10(13(17)19-3)7-9(15)12(16)11-5-4-6-21-11/h4-8H,1-3H3. The first-order valence-corrected chi connectivity index (χ1v) is 8.16. The topological polar surface area (TPSA) is 57.5 Å². The first-order valence-electron chi connectivity index (χ1n) is 6.20. The van der Waals surface area contributed by atoms with Crippen LogP contribution in [0.3, 0.4) is 0 Å². The van der Waals surface area contributed by atoms with Gasteiger partial charge >= 0.3 is 12.1 Å². The summed E-state index contributed by atoms with van der Waals surface area (Å²) in [6, 6.07) is 5.41. The number of carbonyl (C=O) groups excluding carboxylic acids is 2. The minimum absolute atomic E-state index is 0.163. The number of halogens is 1. The van der Waals surface area contributed by atoms with Crippen molar-refractivity contribution in [1.29, 1.82) is 0 Å². The third-order valence-corrected chi connectivity index (χ3v) is 4.32. The maximum Gasteiger partial charge on any atom is 0.419 e. The predicted octanol–water partition coefficient (Wildman–Crippen LogP) is 4.00. The summed E-state index contributed by atoms with van der Waals surface area (Å²) in [4.78, 5) is 25.2. The number of esters is 1. The number of rotatable bonds is 3. The second-order valence-electron chi connectivity index (χ2n) is 4.46. The van der Waals surface area contributed by atoms with E-state index in [1.807, 2.05) is 17.5 Å². The molecule has 0 saturated carbocycles. The zero-order valence-electron chi connectivity index (χ0n) is 11.8. The zero-order valence-corrected chi connectivity index (χ0v) is 14.7. The van der Waals surface area contributed by atoms with Crippen LogP contribution >= 0.6 is 33.9 Å². The van der Waals surface area contributed by atoms with E-state index in [-0.39, 0.29) is 11.8 Å². The highest BCUT2D eigenvalue weighted by Crippen LogP contribution is 2.32. The van der Waals surface area contributed by atoms with Crippen LogP contribution in [0.4, 0.5) is 4.79 Å². The van der Waals surface area contributed by atoms with E-state index in [1.54, 1.807) is 19.9 Å². The lowest BCUT2D eigenvalue weighted by atomic mass is 10.3. The molecule has 2 aromatic heterocycles. The molecule has 2 rings (SSSR count). The molecule has 0 spiro atoms. The number of thiophene rings is 1. The van der Waals surface area contributed by atoms with E-state index in [0.717, 1.165) is 8.45 Å². The zero-order chi connectivity index (χ0) is 15.6. The molecule has 0 aliphatic rings. The second-order valence-corrected chi connectivity index (χ2v) is 6.57. The third-order valence-electron chi connectivity index (χ3n) is 2.62. The predicted molar refractivity (Wildman–Crippen MR) is 88.8 cm³/mol. The van der Waals surface area contributed by atoms with E-state index < -0.39 is 12.1 Å². The number of ether oxygens (including phenoxy) is 2. The molecule has 0 aliphatic carbocycles. The summed E-state index contributed by atoms with van der Waals surface area (Å²) in [7, 11) is 1.28. The Morgan fingerprint density at radius 3 is 2.62 bits per heavy atom. The van der Waals surface area contributed by atoms with Crippen LogP contribution in [0.1, 0.15) is 24.3 Å². The van der Waals surface area contributed by atoms with Crippen molar-refractivity contribution >= 4 is 46.0 Å². The molecule has 0 aliphatic heterocycles. The Labute approximate surface area is 140 Å². The van der Waals surface area contributed by atoms with Crippen molar-refractivity contribution in [3.05, 3.63) is 32.8 Å². The fraction of sp³-hybridized carbons (Fsp3) is 0.286. The van der Waals surface area contributed by atoms with Gasteiger partial charge in [0, 0.05) is 3.57 Å². The van der Waals surface area contributed by atoms with Crippen LogP contribution in [0.2, 0.25) is 0 Å². The summed E-state index contributed by atoms with van der Waals surface area (Å²) < 4.78 is 12.1. The van der Waals surface area contributed by atoms with Crippen molar-refractivity contribution < 1.29 is 19.1 Å². The largest absolute Gasteiger partial charge is 0.464 e. The van der Waals surface area contributed by atoms with E-state index in [9.17, 15) is 9.59 Å². The van der Waals surface area contributed by atoms with Crippen molar-refractivity contribution in [1.82, 2.24) is 4.57 Å². The van der Waals surface area contributed by atoms with Gasteiger partial charge < -0.3 is 9.47 Å². The fourth-order valence-electron chi connectivity index (χ4n) is 1.82. The van der Waals surface area contributed by atoms with Gasteiger partial charge in [-0.25, -0.2) is 14.2 Å². The van der Waals surface area contributed by atoms with Crippen LogP contribution in [-0.4, -0.2) is 29.8 Å². The van der Waals surface area contributed by atoms with Gasteiger partial charge in [-0.3, -0.25) is 0 Å². The van der Waals surface area contributed by atoms with Crippen molar-refractivity contribution in [2.75, 3.05) is 7.11 Å². The normalized spacial score (nSPS) is 10.7. The number of hydrogen-bond acceptors (Lipinski definition) is 5. The Hall–Kier alpha value is -1.35. The average molecular weight is 419 g/mol. The first kappa shape index (κ1) is 16.0. The molecule has 7 heteroatoms. The molecule has 0 fully saturated rings. The Balaban J connectivity index is 2.62. The highest BCUT2D eigenvalue weighted by molar-refractivity contribution is 14.1.